The van der Waals surface area contributed by atoms with E-state index in [1.165, 1.54) is 25.9 Å². The number of fused-ring (bicyclic) bond motifs is 1. The molecule has 0 spiro atoms. The molecule has 2 aromatic heterocycles. The van der Waals surface area contributed by atoms with Crippen LogP contribution in [0.2, 0.25) is 0 Å². The van der Waals surface area contributed by atoms with Crippen LogP contribution >= 0.6 is 8.38 Å². The van der Waals surface area contributed by atoms with Crippen molar-refractivity contribution < 1.29 is 13.8 Å². The third-order valence-electron chi connectivity index (χ3n) is 8.40. The average molecular weight is 605 g/mol. The molecule has 4 heterocycles. The number of anilines is 5. The maximum absolute atomic E-state index is 5.87. The van der Waals surface area contributed by atoms with Crippen molar-refractivity contribution in [3.05, 3.63) is 54.7 Å². The van der Waals surface area contributed by atoms with Gasteiger partial charge in [0.05, 0.1) is 29.2 Å². The lowest BCUT2D eigenvalue weighted by Crippen LogP contribution is -2.52. The number of H-pyrrole nitrogens is 1. The molecule has 2 saturated heterocycles. The van der Waals surface area contributed by atoms with Crippen molar-refractivity contribution >= 4 is 53.5 Å². The summed E-state index contributed by atoms with van der Waals surface area (Å²) in [6, 6.07) is 16.8. The van der Waals surface area contributed by atoms with Crippen LogP contribution in [0.15, 0.2) is 54.7 Å². The molecule has 2 fully saturated rings. The van der Waals surface area contributed by atoms with Gasteiger partial charge in [-0.3, -0.25) is 4.90 Å². The zero-order chi connectivity index (χ0) is 29.8. The molecule has 4 aromatic rings. The van der Waals surface area contributed by atoms with Gasteiger partial charge in [-0.15, -0.1) is 0 Å². The first-order chi connectivity index (χ1) is 21.1. The number of nitrogens with one attached hydrogen (secondary N) is 3. The maximum atomic E-state index is 5.87. The smallest absolute Gasteiger partial charge is 0.231 e. The fourth-order valence-corrected chi connectivity index (χ4v) is 7.11. The van der Waals surface area contributed by atoms with E-state index in [0.717, 1.165) is 65.3 Å². The van der Waals surface area contributed by atoms with Gasteiger partial charge in [0.25, 0.3) is 0 Å². The van der Waals surface area contributed by atoms with Gasteiger partial charge >= 0.3 is 0 Å². The Morgan fingerprint density at radius 3 is 2.40 bits per heavy atom. The number of rotatable bonds is 10. The molecule has 2 aliphatic heterocycles. The summed E-state index contributed by atoms with van der Waals surface area (Å²) < 4.78 is 17.0. The van der Waals surface area contributed by atoms with Crippen LogP contribution in [0.4, 0.5) is 28.8 Å². The summed E-state index contributed by atoms with van der Waals surface area (Å²) in [7, 11) is 6.03. The molecular weight excluding hydrogens is 563 g/mol. The summed E-state index contributed by atoms with van der Waals surface area (Å²) in [5.74, 6) is 1.98. The number of hydrogen-bond acceptors (Lipinski definition) is 10. The molecule has 0 atom stereocenters. The summed E-state index contributed by atoms with van der Waals surface area (Å²) in [4.78, 5) is 20.4. The van der Waals surface area contributed by atoms with E-state index in [9.17, 15) is 0 Å². The van der Waals surface area contributed by atoms with E-state index in [1.54, 1.807) is 21.3 Å². The second-order valence-electron chi connectivity index (χ2n) is 11.0. The molecule has 43 heavy (non-hydrogen) atoms. The van der Waals surface area contributed by atoms with Crippen LogP contribution in [0.3, 0.4) is 0 Å². The molecule has 0 bridgehead atoms. The number of hydrogen-bond donors (Lipinski definition) is 3. The molecule has 12 heteroatoms. The Balaban J connectivity index is 1.18. The molecule has 2 aromatic carbocycles. The van der Waals surface area contributed by atoms with Crippen molar-refractivity contribution in [3.63, 3.8) is 0 Å². The number of nitrogens with zero attached hydrogens (tertiary/aromatic N) is 5. The Morgan fingerprint density at radius 2 is 1.65 bits per heavy atom. The molecule has 2 aliphatic rings. The minimum absolute atomic E-state index is 0.471. The quantitative estimate of drug-likeness (QED) is 0.217. The number of piperazine rings is 1. The molecule has 3 N–H and O–H groups in total. The van der Waals surface area contributed by atoms with Crippen molar-refractivity contribution in [1.29, 1.82) is 0 Å². The lowest BCUT2D eigenvalue weighted by atomic mass is 10.0. The van der Waals surface area contributed by atoms with Crippen LogP contribution in [0.5, 0.6) is 5.75 Å². The fraction of sp³-hybridized carbons (Fsp3) is 0.419. The Kier molecular flexibility index (Phi) is 9.25. The summed E-state index contributed by atoms with van der Waals surface area (Å²) in [6.07, 6.45) is 4.21. The molecule has 0 aliphatic carbocycles. The molecule has 0 saturated carbocycles. The minimum atomic E-state index is -1.22. The number of likely N-dealkylation sites (N-methyl/N-ethyl adjacent to an activating group) is 1. The van der Waals surface area contributed by atoms with E-state index in [1.807, 2.05) is 42.6 Å². The molecule has 6 rings (SSSR count). The highest BCUT2D eigenvalue weighted by Gasteiger charge is 2.28. The van der Waals surface area contributed by atoms with Crippen LogP contribution < -0.4 is 25.6 Å². The third-order valence-corrected chi connectivity index (χ3v) is 9.84. The van der Waals surface area contributed by atoms with E-state index in [-0.39, 0.29) is 0 Å². The highest BCUT2D eigenvalue weighted by Crippen LogP contribution is 2.39. The number of aromatic nitrogens is 3. The van der Waals surface area contributed by atoms with Gasteiger partial charge < -0.3 is 39.2 Å². The largest absolute Gasteiger partial charge is 0.495 e. The van der Waals surface area contributed by atoms with Gasteiger partial charge in [-0.1, -0.05) is 12.1 Å². The fourth-order valence-electron chi connectivity index (χ4n) is 6.03. The first-order valence-electron chi connectivity index (χ1n) is 14.8. The van der Waals surface area contributed by atoms with Crippen molar-refractivity contribution in [3.8, 4) is 5.75 Å². The number of aromatic amines is 1. The van der Waals surface area contributed by atoms with Gasteiger partial charge in [0.2, 0.25) is 14.3 Å². The van der Waals surface area contributed by atoms with E-state index in [4.69, 9.17) is 23.8 Å². The maximum Gasteiger partial charge on any atom is 0.231 e. The van der Waals surface area contributed by atoms with Gasteiger partial charge in [0.1, 0.15) is 17.2 Å². The van der Waals surface area contributed by atoms with Crippen molar-refractivity contribution in [2.75, 3.05) is 83.2 Å². The second-order valence-corrected chi connectivity index (χ2v) is 12.7. The number of piperidine rings is 1. The van der Waals surface area contributed by atoms with Gasteiger partial charge in [0, 0.05) is 77.5 Å². The third kappa shape index (κ3) is 6.56. The number of ether oxygens (including phenoxy) is 1. The normalized spacial score (nSPS) is 17.1. The molecule has 228 valence electrons. The Morgan fingerprint density at radius 1 is 0.884 bits per heavy atom. The molecule has 0 unspecified atom stereocenters. The highest BCUT2D eigenvalue weighted by atomic mass is 31.2. The van der Waals surface area contributed by atoms with E-state index < -0.39 is 8.38 Å². The number of para-hydroxylation sites is 1. The summed E-state index contributed by atoms with van der Waals surface area (Å²) in [6.45, 7) is 6.72. The second kappa shape index (κ2) is 13.4. The minimum Gasteiger partial charge on any atom is -0.495 e. The topological polar surface area (TPSA) is 103 Å². The first-order valence-corrected chi connectivity index (χ1v) is 16.0. The van der Waals surface area contributed by atoms with E-state index in [2.05, 4.69) is 49.5 Å². The monoisotopic (exact) mass is 604 g/mol. The SMILES string of the molecule is COc1cc(Nc2nc(Nc3ccccc3P(OC)OC)c3cc[nH]c3n2)ccc1N1CCC(N2CCN(C)CC2)CC1. The Bertz CT molecular complexity index is 1510. The van der Waals surface area contributed by atoms with E-state index >= 15 is 0 Å². The average Bonchev–Trinajstić information content (AvgIpc) is 3.52. The van der Waals surface area contributed by atoms with Crippen LogP contribution in [0.1, 0.15) is 12.8 Å². The molecule has 11 nitrogen and oxygen atoms in total. The van der Waals surface area contributed by atoms with Gasteiger partial charge in [-0.25, -0.2) is 0 Å². The predicted molar refractivity (Wildman–Crippen MR) is 175 cm³/mol. The van der Waals surface area contributed by atoms with Crippen LogP contribution in [-0.2, 0) is 9.05 Å². The summed E-state index contributed by atoms with van der Waals surface area (Å²) in [5, 5.41) is 8.70. The standard InChI is InChI=1S/C31H41N8O3P/c1-37-17-19-38(20-18-37)23-12-15-39(16-13-23)26-10-9-22(21-27(26)40-2)33-31-35-29-24(11-14-32-29)30(36-31)34-25-7-5-6-8-28(25)43(41-3)42-4/h5-11,14,21,23H,12-13,15-20H2,1-4H3,(H3,32,33,34,35,36). The summed E-state index contributed by atoms with van der Waals surface area (Å²) in [5.41, 5.74) is 3.57. The summed E-state index contributed by atoms with van der Waals surface area (Å²) >= 11 is 0. The Labute approximate surface area is 254 Å². The van der Waals surface area contributed by atoms with Gasteiger partial charge in [-0.05, 0) is 50.2 Å². The predicted octanol–water partition coefficient (Wildman–Crippen LogP) is 4.90. The zero-order valence-electron chi connectivity index (χ0n) is 25.3. The van der Waals surface area contributed by atoms with Crippen LogP contribution in [-0.4, -0.2) is 98.4 Å². The van der Waals surface area contributed by atoms with Gasteiger partial charge in [0.15, 0.2) is 0 Å². The molecule has 0 radical (unpaired) electrons. The highest BCUT2D eigenvalue weighted by molar-refractivity contribution is 7.56. The molecular formula is C31H41N8O3P. The van der Waals surface area contributed by atoms with Crippen molar-refractivity contribution in [1.82, 2.24) is 24.8 Å². The lowest BCUT2D eigenvalue weighted by molar-refractivity contribution is 0.0981. The Hall–Kier alpha value is -3.47. The van der Waals surface area contributed by atoms with Crippen molar-refractivity contribution in [2.24, 2.45) is 0 Å². The first kappa shape index (κ1) is 29.6. The lowest BCUT2D eigenvalue weighted by Gasteiger charge is -2.42. The van der Waals surface area contributed by atoms with Crippen molar-refractivity contribution in [2.45, 2.75) is 18.9 Å². The van der Waals surface area contributed by atoms with Gasteiger partial charge in [-0.2, -0.15) is 9.97 Å². The number of benzene rings is 2. The zero-order valence-corrected chi connectivity index (χ0v) is 26.2. The van der Waals surface area contributed by atoms with Crippen LogP contribution in [0, 0.1) is 0 Å². The molecule has 0 amide bonds. The van der Waals surface area contributed by atoms with Crippen LogP contribution in [0.25, 0.3) is 11.0 Å². The van der Waals surface area contributed by atoms with E-state index in [0.29, 0.717) is 17.8 Å². The number of methoxy groups -OCH3 is 1.